The van der Waals surface area contributed by atoms with Gasteiger partial charge < -0.3 is 14.8 Å². The van der Waals surface area contributed by atoms with Crippen LogP contribution in [0.15, 0.2) is 53.6 Å². The molecule has 31 heavy (non-hydrogen) atoms. The fraction of sp³-hybridized carbons (Fsp3) is 0.375. The topological polar surface area (TPSA) is 82.5 Å². The highest BCUT2D eigenvalue weighted by Gasteiger charge is 2.27. The normalized spacial score (nSPS) is 18.5. The number of benzene rings is 2. The van der Waals surface area contributed by atoms with Crippen molar-refractivity contribution in [3.63, 3.8) is 0 Å². The van der Waals surface area contributed by atoms with Gasteiger partial charge in [-0.1, -0.05) is 12.1 Å². The van der Waals surface area contributed by atoms with E-state index in [9.17, 15) is 9.59 Å². The first kappa shape index (κ1) is 20.9. The number of para-hydroxylation sites is 1. The molecule has 7 nitrogen and oxygen atoms in total. The van der Waals surface area contributed by atoms with Gasteiger partial charge in [-0.2, -0.15) is 0 Å². The molecule has 1 aliphatic carbocycles. The van der Waals surface area contributed by atoms with E-state index in [-0.39, 0.29) is 17.4 Å². The number of rotatable bonds is 6. The van der Waals surface area contributed by atoms with Crippen LogP contribution in [0.5, 0.6) is 11.5 Å². The summed E-state index contributed by atoms with van der Waals surface area (Å²) in [7, 11) is 3.16. The second-order valence-corrected chi connectivity index (χ2v) is 7.99. The SMILES string of the molecule is COc1ccc(NC(=O)C2CCC(Cn3cnc4ccccc4c3=O)CC2)c(OC)c1. The summed E-state index contributed by atoms with van der Waals surface area (Å²) in [5.74, 6) is 1.57. The average molecular weight is 421 g/mol. The summed E-state index contributed by atoms with van der Waals surface area (Å²) in [6.07, 6.45) is 5.03. The molecular weight excluding hydrogens is 394 g/mol. The van der Waals surface area contributed by atoms with Crippen molar-refractivity contribution < 1.29 is 14.3 Å². The van der Waals surface area contributed by atoms with Gasteiger partial charge in [0, 0.05) is 18.5 Å². The number of anilines is 1. The molecule has 1 saturated carbocycles. The van der Waals surface area contributed by atoms with E-state index in [1.807, 2.05) is 24.3 Å². The van der Waals surface area contributed by atoms with Crippen LogP contribution >= 0.6 is 0 Å². The predicted octanol–water partition coefficient (Wildman–Crippen LogP) is 3.86. The van der Waals surface area contributed by atoms with Crippen LogP contribution < -0.4 is 20.3 Å². The molecule has 2 aromatic carbocycles. The zero-order chi connectivity index (χ0) is 21.8. The number of nitrogens with one attached hydrogen (secondary N) is 1. The number of fused-ring (bicyclic) bond motifs is 1. The fourth-order valence-electron chi connectivity index (χ4n) is 4.26. The molecule has 1 fully saturated rings. The van der Waals surface area contributed by atoms with Gasteiger partial charge in [0.05, 0.1) is 37.1 Å². The molecule has 1 heterocycles. The summed E-state index contributed by atoms with van der Waals surface area (Å²) in [4.78, 5) is 29.9. The second kappa shape index (κ2) is 9.20. The van der Waals surface area contributed by atoms with Crippen LogP contribution in [0.2, 0.25) is 0 Å². The van der Waals surface area contributed by atoms with E-state index >= 15 is 0 Å². The zero-order valence-electron chi connectivity index (χ0n) is 17.8. The van der Waals surface area contributed by atoms with Crippen LogP contribution in [0.3, 0.4) is 0 Å². The largest absolute Gasteiger partial charge is 0.497 e. The maximum absolute atomic E-state index is 12.8. The Morgan fingerprint density at radius 2 is 1.87 bits per heavy atom. The molecule has 0 unspecified atom stereocenters. The van der Waals surface area contributed by atoms with Crippen molar-refractivity contribution in [2.45, 2.75) is 32.2 Å². The molecule has 3 aromatic rings. The number of amides is 1. The van der Waals surface area contributed by atoms with Crippen molar-refractivity contribution in [3.05, 3.63) is 59.1 Å². The number of methoxy groups -OCH3 is 2. The Hall–Kier alpha value is -3.35. The Morgan fingerprint density at radius 1 is 1.10 bits per heavy atom. The Labute approximate surface area is 181 Å². The molecule has 162 valence electrons. The van der Waals surface area contributed by atoms with Crippen LogP contribution in [0, 0.1) is 11.8 Å². The van der Waals surface area contributed by atoms with Gasteiger partial charge in [-0.3, -0.25) is 14.2 Å². The highest BCUT2D eigenvalue weighted by Crippen LogP contribution is 2.33. The van der Waals surface area contributed by atoms with Crippen molar-refractivity contribution in [1.29, 1.82) is 0 Å². The highest BCUT2D eigenvalue weighted by molar-refractivity contribution is 5.94. The number of nitrogens with zero attached hydrogens (tertiary/aromatic N) is 2. The first-order chi connectivity index (χ1) is 15.1. The van der Waals surface area contributed by atoms with Crippen LogP contribution in [-0.4, -0.2) is 29.7 Å². The number of carbonyl (C=O) groups is 1. The van der Waals surface area contributed by atoms with Crippen molar-refractivity contribution in [1.82, 2.24) is 9.55 Å². The third-order valence-electron chi connectivity index (χ3n) is 6.07. The number of hydrogen-bond donors (Lipinski definition) is 1. The Bertz CT molecular complexity index is 1130. The summed E-state index contributed by atoms with van der Waals surface area (Å²) in [6.45, 7) is 0.636. The number of hydrogen-bond acceptors (Lipinski definition) is 5. The molecule has 0 atom stereocenters. The summed E-state index contributed by atoms with van der Waals surface area (Å²) >= 11 is 0. The first-order valence-corrected chi connectivity index (χ1v) is 10.6. The minimum Gasteiger partial charge on any atom is -0.497 e. The van der Waals surface area contributed by atoms with Gasteiger partial charge in [0.1, 0.15) is 11.5 Å². The van der Waals surface area contributed by atoms with Crippen LogP contribution in [0.1, 0.15) is 25.7 Å². The molecule has 7 heteroatoms. The maximum Gasteiger partial charge on any atom is 0.261 e. The predicted molar refractivity (Wildman–Crippen MR) is 120 cm³/mol. The van der Waals surface area contributed by atoms with Gasteiger partial charge >= 0.3 is 0 Å². The second-order valence-electron chi connectivity index (χ2n) is 7.99. The van der Waals surface area contributed by atoms with Gasteiger partial charge in [-0.25, -0.2) is 4.98 Å². The quantitative estimate of drug-likeness (QED) is 0.654. The standard InChI is InChI=1S/C24H27N3O4/c1-30-18-11-12-21(22(13-18)31-2)26-23(28)17-9-7-16(8-10-17)14-27-15-25-20-6-4-3-5-19(20)24(27)29/h3-6,11-13,15-17H,7-10,14H2,1-2H3,(H,26,28). The van der Waals surface area contributed by atoms with E-state index < -0.39 is 0 Å². The number of aromatic nitrogens is 2. The lowest BCUT2D eigenvalue weighted by molar-refractivity contribution is -0.121. The summed E-state index contributed by atoms with van der Waals surface area (Å²) in [5, 5.41) is 3.64. The summed E-state index contributed by atoms with van der Waals surface area (Å²) in [6, 6.07) is 12.7. The molecule has 0 bridgehead atoms. The lowest BCUT2D eigenvalue weighted by Crippen LogP contribution is -2.30. The van der Waals surface area contributed by atoms with Gasteiger partial charge in [-0.05, 0) is 55.9 Å². The van der Waals surface area contributed by atoms with Crippen molar-refractivity contribution >= 4 is 22.5 Å². The third kappa shape index (κ3) is 4.55. The molecule has 0 spiro atoms. The minimum absolute atomic E-state index is 0.00272. The van der Waals surface area contributed by atoms with Crippen LogP contribution in [0.25, 0.3) is 10.9 Å². The van der Waals surface area contributed by atoms with E-state index in [1.54, 1.807) is 43.3 Å². The lowest BCUT2D eigenvalue weighted by atomic mass is 9.81. The molecule has 0 radical (unpaired) electrons. The molecule has 4 rings (SSSR count). The average Bonchev–Trinajstić information content (AvgIpc) is 2.81. The van der Waals surface area contributed by atoms with E-state index in [4.69, 9.17) is 9.47 Å². The monoisotopic (exact) mass is 421 g/mol. The van der Waals surface area contributed by atoms with Crippen molar-refractivity contribution in [2.24, 2.45) is 11.8 Å². The fourth-order valence-corrected chi connectivity index (χ4v) is 4.26. The minimum atomic E-state index is -0.0468. The lowest BCUT2D eigenvalue weighted by Gasteiger charge is -2.28. The Kier molecular flexibility index (Phi) is 6.21. The smallest absolute Gasteiger partial charge is 0.261 e. The molecule has 1 aromatic heterocycles. The molecule has 0 aliphatic heterocycles. The van der Waals surface area contributed by atoms with E-state index in [0.717, 1.165) is 31.2 Å². The first-order valence-electron chi connectivity index (χ1n) is 10.6. The zero-order valence-corrected chi connectivity index (χ0v) is 17.8. The maximum atomic E-state index is 12.8. The van der Waals surface area contributed by atoms with Gasteiger partial charge in [0.2, 0.25) is 5.91 Å². The highest BCUT2D eigenvalue weighted by atomic mass is 16.5. The van der Waals surface area contributed by atoms with Crippen molar-refractivity contribution in [2.75, 3.05) is 19.5 Å². The Balaban J connectivity index is 1.36. The van der Waals surface area contributed by atoms with Gasteiger partial charge in [-0.15, -0.1) is 0 Å². The number of ether oxygens (including phenoxy) is 2. The molecule has 1 N–H and O–H groups in total. The molecule has 0 saturated heterocycles. The van der Waals surface area contributed by atoms with Gasteiger partial charge in [0.25, 0.3) is 5.56 Å². The summed E-state index contributed by atoms with van der Waals surface area (Å²) in [5.41, 5.74) is 1.36. The Morgan fingerprint density at radius 3 is 2.61 bits per heavy atom. The van der Waals surface area contributed by atoms with E-state index in [0.29, 0.717) is 35.0 Å². The van der Waals surface area contributed by atoms with Crippen LogP contribution in [-0.2, 0) is 11.3 Å². The molecule has 1 aliphatic rings. The van der Waals surface area contributed by atoms with Crippen LogP contribution in [0.4, 0.5) is 5.69 Å². The summed E-state index contributed by atoms with van der Waals surface area (Å²) < 4.78 is 12.3. The third-order valence-corrected chi connectivity index (χ3v) is 6.07. The molecule has 1 amide bonds. The van der Waals surface area contributed by atoms with Gasteiger partial charge in [0.15, 0.2) is 0 Å². The van der Waals surface area contributed by atoms with E-state index in [1.165, 1.54) is 0 Å². The van der Waals surface area contributed by atoms with Crippen molar-refractivity contribution in [3.8, 4) is 11.5 Å². The number of carbonyl (C=O) groups excluding carboxylic acids is 1. The molecular formula is C24H27N3O4. The van der Waals surface area contributed by atoms with E-state index in [2.05, 4.69) is 10.3 Å².